The van der Waals surface area contributed by atoms with Crippen molar-refractivity contribution in [3.05, 3.63) is 22.4 Å². The molecule has 0 radical (unpaired) electrons. The molecule has 2 N–H and O–H groups in total. The normalized spacial score (nSPS) is 20.4. The van der Waals surface area contributed by atoms with E-state index in [-0.39, 0.29) is 5.91 Å². The summed E-state index contributed by atoms with van der Waals surface area (Å²) in [5, 5.41) is 8.33. The third-order valence-electron chi connectivity index (χ3n) is 2.60. The van der Waals surface area contributed by atoms with Crippen molar-refractivity contribution in [3.8, 4) is 0 Å². The zero-order valence-corrected chi connectivity index (χ0v) is 9.48. The Labute approximate surface area is 93.9 Å². The number of thiophene rings is 1. The summed E-state index contributed by atoms with van der Waals surface area (Å²) in [4.78, 5) is 12.8. The van der Waals surface area contributed by atoms with Crippen molar-refractivity contribution in [2.24, 2.45) is 0 Å². The molecule has 2 heterocycles. The van der Waals surface area contributed by atoms with Gasteiger partial charge in [0.1, 0.15) is 0 Å². The predicted molar refractivity (Wildman–Crippen MR) is 62.1 cm³/mol. The number of hydrogen-bond acceptors (Lipinski definition) is 3. The van der Waals surface area contributed by atoms with Gasteiger partial charge in [0.25, 0.3) is 0 Å². The van der Waals surface area contributed by atoms with Gasteiger partial charge in [0.2, 0.25) is 5.91 Å². The molecular formula is C11H16N2OS. The number of rotatable bonds is 4. The Hall–Kier alpha value is -0.870. The Morgan fingerprint density at radius 1 is 1.67 bits per heavy atom. The van der Waals surface area contributed by atoms with Crippen molar-refractivity contribution in [1.29, 1.82) is 0 Å². The van der Waals surface area contributed by atoms with E-state index >= 15 is 0 Å². The van der Waals surface area contributed by atoms with Crippen LogP contribution in [0.2, 0.25) is 0 Å². The van der Waals surface area contributed by atoms with Crippen LogP contribution in [-0.2, 0) is 11.2 Å². The second-order valence-corrected chi connectivity index (χ2v) is 4.87. The van der Waals surface area contributed by atoms with Gasteiger partial charge in [0.15, 0.2) is 0 Å². The smallest absolute Gasteiger partial charge is 0.220 e. The maximum absolute atomic E-state index is 11.6. The van der Waals surface area contributed by atoms with E-state index in [2.05, 4.69) is 16.7 Å². The van der Waals surface area contributed by atoms with E-state index in [1.54, 1.807) is 11.3 Å². The molecule has 0 aromatic carbocycles. The molecule has 1 saturated heterocycles. The minimum atomic E-state index is 0.178. The van der Waals surface area contributed by atoms with Crippen LogP contribution in [-0.4, -0.2) is 25.0 Å². The first-order valence-corrected chi connectivity index (χ1v) is 6.25. The van der Waals surface area contributed by atoms with E-state index in [0.29, 0.717) is 12.5 Å². The highest BCUT2D eigenvalue weighted by atomic mass is 32.1. The van der Waals surface area contributed by atoms with Gasteiger partial charge in [-0.2, -0.15) is 0 Å². The highest BCUT2D eigenvalue weighted by Gasteiger charge is 2.16. The fraction of sp³-hybridized carbons (Fsp3) is 0.545. The van der Waals surface area contributed by atoms with E-state index in [0.717, 1.165) is 25.9 Å². The first-order chi connectivity index (χ1) is 7.34. The van der Waals surface area contributed by atoms with Crippen LogP contribution < -0.4 is 10.6 Å². The SMILES string of the molecule is O=C(CCc1cccs1)NC1CCNC1. The predicted octanol–water partition coefficient (Wildman–Crippen LogP) is 1.16. The molecule has 1 aliphatic heterocycles. The lowest BCUT2D eigenvalue weighted by atomic mass is 10.2. The van der Waals surface area contributed by atoms with Crippen LogP contribution in [0.25, 0.3) is 0 Å². The topological polar surface area (TPSA) is 41.1 Å². The lowest BCUT2D eigenvalue weighted by Gasteiger charge is -2.10. The van der Waals surface area contributed by atoms with Crippen molar-refractivity contribution in [3.63, 3.8) is 0 Å². The summed E-state index contributed by atoms with van der Waals surface area (Å²) in [5.41, 5.74) is 0. The molecule has 1 unspecified atom stereocenters. The molecule has 1 fully saturated rings. The van der Waals surface area contributed by atoms with Gasteiger partial charge < -0.3 is 10.6 Å². The number of carbonyl (C=O) groups excluding carboxylic acids is 1. The highest BCUT2D eigenvalue weighted by molar-refractivity contribution is 7.09. The van der Waals surface area contributed by atoms with Gasteiger partial charge in [-0.25, -0.2) is 0 Å². The van der Waals surface area contributed by atoms with Crippen LogP contribution in [0.5, 0.6) is 0 Å². The maximum atomic E-state index is 11.6. The molecule has 1 aliphatic rings. The van der Waals surface area contributed by atoms with E-state index in [1.807, 2.05) is 11.4 Å². The van der Waals surface area contributed by atoms with Crippen molar-refractivity contribution in [2.75, 3.05) is 13.1 Å². The van der Waals surface area contributed by atoms with Gasteiger partial charge >= 0.3 is 0 Å². The summed E-state index contributed by atoms with van der Waals surface area (Å²) >= 11 is 1.72. The van der Waals surface area contributed by atoms with Crippen molar-refractivity contribution in [1.82, 2.24) is 10.6 Å². The molecule has 0 spiro atoms. The molecule has 4 heteroatoms. The number of aryl methyl sites for hydroxylation is 1. The van der Waals surface area contributed by atoms with Gasteiger partial charge in [-0.15, -0.1) is 11.3 Å². The summed E-state index contributed by atoms with van der Waals surface area (Å²) in [6, 6.07) is 4.45. The van der Waals surface area contributed by atoms with Gasteiger partial charge in [0.05, 0.1) is 0 Å². The molecule has 82 valence electrons. The molecule has 15 heavy (non-hydrogen) atoms. The highest BCUT2D eigenvalue weighted by Crippen LogP contribution is 2.10. The van der Waals surface area contributed by atoms with Crippen LogP contribution in [0.15, 0.2) is 17.5 Å². The number of amides is 1. The van der Waals surface area contributed by atoms with Crippen LogP contribution in [0.3, 0.4) is 0 Å². The van der Waals surface area contributed by atoms with Gasteiger partial charge in [-0.1, -0.05) is 6.07 Å². The van der Waals surface area contributed by atoms with E-state index in [4.69, 9.17) is 0 Å². The van der Waals surface area contributed by atoms with Crippen LogP contribution in [0, 0.1) is 0 Å². The summed E-state index contributed by atoms with van der Waals surface area (Å²) in [5.74, 6) is 0.178. The third-order valence-corrected chi connectivity index (χ3v) is 3.54. The van der Waals surface area contributed by atoms with Crippen LogP contribution >= 0.6 is 11.3 Å². The molecular weight excluding hydrogens is 208 g/mol. The monoisotopic (exact) mass is 224 g/mol. The van der Waals surface area contributed by atoms with E-state index < -0.39 is 0 Å². The first-order valence-electron chi connectivity index (χ1n) is 5.37. The Morgan fingerprint density at radius 2 is 2.60 bits per heavy atom. The maximum Gasteiger partial charge on any atom is 0.220 e. The number of nitrogens with one attached hydrogen (secondary N) is 2. The van der Waals surface area contributed by atoms with Gasteiger partial charge in [0, 0.05) is 23.9 Å². The average molecular weight is 224 g/mol. The molecule has 1 aromatic heterocycles. The van der Waals surface area contributed by atoms with E-state index in [9.17, 15) is 4.79 Å². The van der Waals surface area contributed by atoms with Crippen LogP contribution in [0.1, 0.15) is 17.7 Å². The Balaban J connectivity index is 1.68. The zero-order valence-electron chi connectivity index (χ0n) is 8.66. The second-order valence-electron chi connectivity index (χ2n) is 3.84. The first kappa shape index (κ1) is 10.6. The van der Waals surface area contributed by atoms with Gasteiger partial charge in [-0.05, 0) is 30.8 Å². The molecule has 0 saturated carbocycles. The lowest BCUT2D eigenvalue weighted by molar-refractivity contribution is -0.121. The second kappa shape index (κ2) is 5.28. The molecule has 0 bridgehead atoms. The summed E-state index contributed by atoms with van der Waals surface area (Å²) < 4.78 is 0. The lowest BCUT2D eigenvalue weighted by Crippen LogP contribution is -2.36. The number of carbonyl (C=O) groups is 1. The average Bonchev–Trinajstić information content (AvgIpc) is 2.86. The summed E-state index contributed by atoms with van der Waals surface area (Å²) in [6.45, 7) is 1.95. The largest absolute Gasteiger partial charge is 0.352 e. The van der Waals surface area contributed by atoms with Crippen molar-refractivity contribution < 1.29 is 4.79 Å². The summed E-state index contributed by atoms with van der Waals surface area (Å²) in [7, 11) is 0. The molecule has 2 rings (SSSR count). The standard InChI is InChI=1S/C11H16N2OS/c14-11(13-9-5-6-12-8-9)4-3-10-2-1-7-15-10/h1-2,7,9,12H,3-6,8H2,(H,13,14). The Morgan fingerprint density at radius 3 is 3.27 bits per heavy atom. The summed E-state index contributed by atoms with van der Waals surface area (Å²) in [6.07, 6.45) is 2.53. The quantitative estimate of drug-likeness (QED) is 0.806. The number of hydrogen-bond donors (Lipinski definition) is 2. The minimum Gasteiger partial charge on any atom is -0.352 e. The Bertz CT molecular complexity index is 304. The molecule has 1 atom stereocenters. The molecule has 0 aliphatic carbocycles. The molecule has 1 amide bonds. The van der Waals surface area contributed by atoms with Crippen molar-refractivity contribution in [2.45, 2.75) is 25.3 Å². The fourth-order valence-electron chi connectivity index (χ4n) is 1.77. The molecule has 1 aromatic rings. The fourth-order valence-corrected chi connectivity index (χ4v) is 2.48. The van der Waals surface area contributed by atoms with E-state index in [1.165, 1.54) is 4.88 Å². The Kier molecular flexibility index (Phi) is 3.75. The third kappa shape index (κ3) is 3.32. The van der Waals surface area contributed by atoms with Crippen LogP contribution in [0.4, 0.5) is 0 Å². The zero-order chi connectivity index (χ0) is 10.5. The minimum absolute atomic E-state index is 0.178. The van der Waals surface area contributed by atoms with Gasteiger partial charge in [-0.3, -0.25) is 4.79 Å². The van der Waals surface area contributed by atoms with Crippen molar-refractivity contribution >= 4 is 17.2 Å². The molecule has 3 nitrogen and oxygen atoms in total.